The molecule has 1 aliphatic carbocycles. The molecule has 1 aromatic carbocycles. The molecule has 100 valence electrons. The molecule has 1 aromatic rings. The van der Waals surface area contributed by atoms with Crippen molar-refractivity contribution in [2.24, 2.45) is 5.41 Å². The summed E-state index contributed by atoms with van der Waals surface area (Å²) in [5.41, 5.74) is 0.927. The normalized spacial score (nSPS) is 18.2. The van der Waals surface area contributed by atoms with Crippen molar-refractivity contribution in [1.82, 2.24) is 5.32 Å². The Bertz CT molecular complexity index is 405. The van der Waals surface area contributed by atoms with Gasteiger partial charge in [-0.05, 0) is 36.5 Å². The summed E-state index contributed by atoms with van der Waals surface area (Å²) in [7, 11) is 0. The van der Waals surface area contributed by atoms with Crippen LogP contribution in [0.3, 0.4) is 0 Å². The first-order valence-corrected chi connectivity index (χ1v) is 7.69. The van der Waals surface area contributed by atoms with E-state index in [4.69, 9.17) is 11.6 Å². The van der Waals surface area contributed by atoms with Crippen LogP contribution in [0.2, 0.25) is 0 Å². The zero-order valence-corrected chi connectivity index (χ0v) is 12.7. The first-order chi connectivity index (χ1) is 8.65. The summed E-state index contributed by atoms with van der Waals surface area (Å²) in [6.07, 6.45) is 4.90. The van der Waals surface area contributed by atoms with Gasteiger partial charge in [-0.2, -0.15) is 0 Å². The molecule has 0 heterocycles. The highest BCUT2D eigenvalue weighted by molar-refractivity contribution is 9.10. The number of halogens is 3. The summed E-state index contributed by atoms with van der Waals surface area (Å²) < 4.78 is 14.5. The van der Waals surface area contributed by atoms with Crippen LogP contribution in [-0.4, -0.2) is 12.4 Å². The van der Waals surface area contributed by atoms with Crippen LogP contribution in [0.25, 0.3) is 0 Å². The lowest BCUT2D eigenvalue weighted by Crippen LogP contribution is -2.33. The highest BCUT2D eigenvalue weighted by atomic mass is 79.9. The molecule has 4 heteroatoms. The van der Waals surface area contributed by atoms with E-state index in [0.717, 1.165) is 11.0 Å². The van der Waals surface area contributed by atoms with E-state index in [1.165, 1.54) is 31.7 Å². The Morgan fingerprint density at radius 2 is 2.06 bits per heavy atom. The van der Waals surface area contributed by atoms with E-state index in [1.807, 2.05) is 6.07 Å². The second-order valence-electron chi connectivity index (χ2n) is 5.18. The van der Waals surface area contributed by atoms with E-state index in [-0.39, 0.29) is 11.2 Å². The van der Waals surface area contributed by atoms with Crippen LogP contribution in [0.1, 0.15) is 31.2 Å². The minimum atomic E-state index is -0.156. The Morgan fingerprint density at radius 3 is 2.72 bits per heavy atom. The van der Waals surface area contributed by atoms with Gasteiger partial charge in [-0.1, -0.05) is 28.8 Å². The van der Waals surface area contributed by atoms with Crippen LogP contribution in [0.5, 0.6) is 0 Å². The fraction of sp³-hybridized carbons (Fsp3) is 0.571. The van der Waals surface area contributed by atoms with Gasteiger partial charge in [0.05, 0.1) is 0 Å². The molecule has 1 nitrogen and oxygen atoms in total. The first kappa shape index (κ1) is 14.3. The van der Waals surface area contributed by atoms with Gasteiger partial charge in [-0.25, -0.2) is 4.39 Å². The maximum Gasteiger partial charge on any atom is 0.127 e. The molecular formula is C14H18BrClFN. The van der Waals surface area contributed by atoms with Gasteiger partial charge < -0.3 is 5.32 Å². The summed E-state index contributed by atoms with van der Waals surface area (Å²) in [4.78, 5) is 0. The summed E-state index contributed by atoms with van der Waals surface area (Å²) >= 11 is 9.44. The van der Waals surface area contributed by atoms with Crippen molar-refractivity contribution in [2.75, 3.05) is 12.4 Å². The van der Waals surface area contributed by atoms with Crippen molar-refractivity contribution in [3.8, 4) is 0 Å². The van der Waals surface area contributed by atoms with Crippen LogP contribution in [0.15, 0.2) is 22.7 Å². The molecule has 1 fully saturated rings. The standard InChI is InChI=1S/C14H18BrClFN/c15-12-3-4-13(17)11(7-12)8-18-10-14(9-16)5-1-2-6-14/h3-4,7,18H,1-2,5-6,8-10H2. The van der Waals surface area contributed by atoms with E-state index < -0.39 is 0 Å². The van der Waals surface area contributed by atoms with Crippen molar-refractivity contribution in [3.05, 3.63) is 34.1 Å². The van der Waals surface area contributed by atoms with Crippen molar-refractivity contribution in [3.63, 3.8) is 0 Å². The Hall–Kier alpha value is -0.120. The fourth-order valence-corrected chi connectivity index (χ4v) is 3.39. The number of rotatable bonds is 5. The minimum absolute atomic E-state index is 0.156. The molecule has 0 atom stereocenters. The fourth-order valence-electron chi connectivity index (χ4n) is 2.62. The monoisotopic (exact) mass is 333 g/mol. The van der Waals surface area contributed by atoms with Crippen molar-refractivity contribution >= 4 is 27.5 Å². The van der Waals surface area contributed by atoms with Crippen molar-refractivity contribution < 1.29 is 4.39 Å². The van der Waals surface area contributed by atoms with Gasteiger partial charge in [0.25, 0.3) is 0 Å². The highest BCUT2D eigenvalue weighted by Crippen LogP contribution is 2.38. The lowest BCUT2D eigenvalue weighted by atomic mass is 9.88. The van der Waals surface area contributed by atoms with Gasteiger partial charge in [0.1, 0.15) is 5.82 Å². The summed E-state index contributed by atoms with van der Waals surface area (Å²) in [6, 6.07) is 5.04. The SMILES string of the molecule is Fc1ccc(Br)cc1CNCC1(CCl)CCCC1. The second kappa shape index (κ2) is 6.36. The molecule has 2 rings (SSSR count). The van der Waals surface area contributed by atoms with Crippen LogP contribution < -0.4 is 5.32 Å². The minimum Gasteiger partial charge on any atom is -0.312 e. The van der Waals surface area contributed by atoms with E-state index in [2.05, 4.69) is 21.2 Å². The maximum atomic E-state index is 13.6. The van der Waals surface area contributed by atoms with Gasteiger partial charge in [0.2, 0.25) is 0 Å². The topological polar surface area (TPSA) is 12.0 Å². The van der Waals surface area contributed by atoms with Crippen molar-refractivity contribution in [2.45, 2.75) is 32.2 Å². The molecule has 1 N–H and O–H groups in total. The van der Waals surface area contributed by atoms with Gasteiger partial charge in [-0.3, -0.25) is 0 Å². The Labute approximate surface area is 121 Å². The number of hydrogen-bond donors (Lipinski definition) is 1. The zero-order valence-electron chi connectivity index (χ0n) is 10.3. The van der Waals surface area contributed by atoms with Gasteiger partial charge >= 0.3 is 0 Å². The zero-order chi connectivity index (χ0) is 13.0. The number of benzene rings is 1. The molecule has 18 heavy (non-hydrogen) atoms. The Balaban J connectivity index is 1.89. The molecule has 1 aliphatic rings. The van der Waals surface area contributed by atoms with E-state index in [1.54, 1.807) is 6.07 Å². The van der Waals surface area contributed by atoms with E-state index >= 15 is 0 Å². The summed E-state index contributed by atoms with van der Waals surface area (Å²) in [5.74, 6) is 0.540. The Kier molecular flexibility index (Phi) is 5.05. The van der Waals surface area contributed by atoms with Crippen molar-refractivity contribution in [1.29, 1.82) is 0 Å². The molecule has 0 radical (unpaired) electrons. The molecule has 0 spiro atoms. The largest absolute Gasteiger partial charge is 0.312 e. The quantitative estimate of drug-likeness (QED) is 0.783. The molecule has 0 unspecified atom stereocenters. The molecule has 0 aromatic heterocycles. The predicted molar refractivity (Wildman–Crippen MR) is 77.4 cm³/mol. The van der Waals surface area contributed by atoms with Crippen LogP contribution in [0.4, 0.5) is 4.39 Å². The van der Waals surface area contributed by atoms with Gasteiger partial charge in [-0.15, -0.1) is 11.6 Å². The number of nitrogens with one attached hydrogen (secondary N) is 1. The molecule has 0 bridgehead atoms. The Morgan fingerprint density at radius 1 is 1.33 bits per heavy atom. The third-order valence-electron chi connectivity index (χ3n) is 3.77. The lowest BCUT2D eigenvalue weighted by Gasteiger charge is -2.26. The predicted octanol–water partition coefficient (Wildman–Crippen LogP) is 4.48. The van der Waals surface area contributed by atoms with Crippen LogP contribution in [-0.2, 0) is 6.54 Å². The lowest BCUT2D eigenvalue weighted by molar-refractivity contribution is 0.319. The van der Waals surface area contributed by atoms with Gasteiger partial charge in [0, 0.05) is 29.0 Å². The van der Waals surface area contributed by atoms with E-state index in [0.29, 0.717) is 18.0 Å². The first-order valence-electron chi connectivity index (χ1n) is 6.36. The van der Waals surface area contributed by atoms with Crippen LogP contribution >= 0.6 is 27.5 Å². The summed E-state index contributed by atoms with van der Waals surface area (Å²) in [5, 5.41) is 3.36. The van der Waals surface area contributed by atoms with Gasteiger partial charge in [0.15, 0.2) is 0 Å². The molecule has 0 amide bonds. The smallest absolute Gasteiger partial charge is 0.127 e. The molecular weight excluding hydrogens is 317 g/mol. The number of alkyl halides is 1. The third kappa shape index (κ3) is 3.46. The average Bonchev–Trinajstić information content (AvgIpc) is 2.83. The highest BCUT2D eigenvalue weighted by Gasteiger charge is 2.32. The maximum absolute atomic E-state index is 13.6. The number of hydrogen-bond acceptors (Lipinski definition) is 1. The third-order valence-corrected chi connectivity index (χ3v) is 4.83. The molecule has 1 saturated carbocycles. The van der Waals surface area contributed by atoms with E-state index in [9.17, 15) is 4.39 Å². The molecule has 0 saturated heterocycles. The van der Waals surface area contributed by atoms with Crippen LogP contribution in [0, 0.1) is 11.2 Å². The average molecular weight is 335 g/mol. The molecule has 0 aliphatic heterocycles. The second-order valence-corrected chi connectivity index (χ2v) is 6.36. The summed E-state index contributed by atoms with van der Waals surface area (Å²) in [6.45, 7) is 1.44.